The maximum atomic E-state index is 13.2. The smallest absolute Gasteiger partial charge is 0.270 e. The van der Waals surface area contributed by atoms with Crippen molar-refractivity contribution in [2.45, 2.75) is 27.3 Å². The van der Waals surface area contributed by atoms with E-state index in [0.29, 0.717) is 17.8 Å². The molecule has 0 aliphatic rings. The van der Waals surface area contributed by atoms with E-state index in [4.69, 9.17) is 0 Å². The van der Waals surface area contributed by atoms with Crippen LogP contribution in [0.1, 0.15) is 43.4 Å². The van der Waals surface area contributed by atoms with Crippen molar-refractivity contribution in [1.82, 2.24) is 20.1 Å². The molecule has 32 heavy (non-hydrogen) atoms. The molecular weight excluding hydrogens is 409 g/mol. The maximum absolute atomic E-state index is 13.2. The van der Waals surface area contributed by atoms with Crippen LogP contribution >= 0.6 is 0 Å². The number of nitrogens with zero attached hydrogens (tertiary/aromatic N) is 2. The molecule has 2 aromatic heterocycles. The molecule has 0 radical (unpaired) electrons. The first-order valence-electron chi connectivity index (χ1n) is 10.2. The zero-order chi connectivity index (χ0) is 23.0. The second kappa shape index (κ2) is 8.30. The highest BCUT2D eigenvalue weighted by molar-refractivity contribution is 6.15. The number of aromatic nitrogens is 3. The topological polar surface area (TPSA) is 91.8 Å². The Hall–Kier alpha value is -3.94. The van der Waals surface area contributed by atoms with Crippen molar-refractivity contribution in [1.29, 1.82) is 0 Å². The zero-order valence-corrected chi connectivity index (χ0v) is 18.3. The molecule has 2 amide bonds. The van der Waals surface area contributed by atoms with Gasteiger partial charge in [0.15, 0.2) is 0 Å². The average Bonchev–Trinajstić information content (AvgIpc) is 3.23. The summed E-state index contributed by atoms with van der Waals surface area (Å²) in [5.74, 6) is -1.21. The van der Waals surface area contributed by atoms with Crippen LogP contribution in [-0.4, -0.2) is 26.6 Å². The van der Waals surface area contributed by atoms with Crippen molar-refractivity contribution in [3.05, 3.63) is 82.1 Å². The van der Waals surface area contributed by atoms with Crippen LogP contribution in [-0.2, 0) is 13.6 Å². The molecule has 4 rings (SSSR count). The van der Waals surface area contributed by atoms with Gasteiger partial charge in [-0.1, -0.05) is 11.6 Å². The van der Waals surface area contributed by atoms with Crippen LogP contribution in [0.5, 0.6) is 0 Å². The molecule has 4 aromatic rings. The minimum atomic E-state index is -0.430. The minimum Gasteiger partial charge on any atom is -0.349 e. The van der Waals surface area contributed by atoms with Gasteiger partial charge in [0.2, 0.25) is 0 Å². The van der Waals surface area contributed by atoms with E-state index in [-0.39, 0.29) is 11.6 Å². The number of nitrogens with one attached hydrogen (secondary N) is 3. The van der Waals surface area contributed by atoms with Crippen LogP contribution < -0.4 is 10.6 Å². The molecule has 3 N–H and O–H groups in total. The number of carbonyl (C=O) groups excluding carboxylic acids is 2. The predicted molar refractivity (Wildman–Crippen MR) is 121 cm³/mol. The van der Waals surface area contributed by atoms with Gasteiger partial charge in [0.1, 0.15) is 11.5 Å². The lowest BCUT2D eigenvalue weighted by molar-refractivity contribution is 0.0947. The van der Waals surface area contributed by atoms with E-state index in [1.54, 1.807) is 4.68 Å². The second-order valence-electron chi connectivity index (χ2n) is 7.84. The number of hydrogen-bond acceptors (Lipinski definition) is 3. The van der Waals surface area contributed by atoms with Gasteiger partial charge in [-0.2, -0.15) is 5.10 Å². The van der Waals surface area contributed by atoms with E-state index in [0.717, 1.165) is 33.4 Å². The van der Waals surface area contributed by atoms with Crippen molar-refractivity contribution in [3.8, 4) is 0 Å². The number of hydrogen-bond donors (Lipinski definition) is 3. The van der Waals surface area contributed by atoms with Crippen LogP contribution in [0.15, 0.2) is 42.5 Å². The van der Waals surface area contributed by atoms with Crippen LogP contribution in [0.2, 0.25) is 0 Å². The summed E-state index contributed by atoms with van der Waals surface area (Å²) in [6.45, 7) is 6.09. The number of amides is 2. The maximum Gasteiger partial charge on any atom is 0.270 e. The molecule has 2 heterocycles. The molecule has 0 saturated heterocycles. The van der Waals surface area contributed by atoms with Gasteiger partial charge < -0.3 is 15.6 Å². The first-order chi connectivity index (χ1) is 15.2. The number of aromatic amines is 1. The van der Waals surface area contributed by atoms with Gasteiger partial charge >= 0.3 is 0 Å². The fourth-order valence-electron chi connectivity index (χ4n) is 3.72. The molecule has 0 unspecified atom stereocenters. The first-order valence-corrected chi connectivity index (χ1v) is 10.2. The lowest BCUT2D eigenvalue weighted by Crippen LogP contribution is -2.25. The third kappa shape index (κ3) is 3.99. The van der Waals surface area contributed by atoms with Crippen LogP contribution in [0, 0.1) is 26.6 Å². The average molecular weight is 433 g/mol. The Morgan fingerprint density at radius 1 is 1.06 bits per heavy atom. The number of rotatable bonds is 5. The Kier molecular flexibility index (Phi) is 5.52. The van der Waals surface area contributed by atoms with E-state index < -0.39 is 11.7 Å². The normalized spacial score (nSPS) is 11.0. The number of aryl methyl sites for hydroxylation is 3. The minimum absolute atomic E-state index is 0.250. The molecular formula is C24H24FN5O2. The molecule has 0 spiro atoms. The van der Waals surface area contributed by atoms with Crippen molar-refractivity contribution in [2.75, 3.05) is 5.32 Å². The quantitative estimate of drug-likeness (QED) is 0.442. The monoisotopic (exact) mass is 433 g/mol. The molecule has 0 fully saturated rings. The molecule has 0 aliphatic heterocycles. The van der Waals surface area contributed by atoms with Gasteiger partial charge in [-0.05, 0) is 57.2 Å². The lowest BCUT2D eigenvalue weighted by Gasteiger charge is -2.09. The standard InChI is InChI=1S/C24H24FN5O2/c1-13-5-10-20-18(11-13)21(28-23(31)16-6-8-17(25)9-7-16)22(27-20)24(32)26-12-19-14(2)29-30(4)15(19)3/h5-11,27H,12H2,1-4H3,(H,26,32)(H,28,31). The van der Waals surface area contributed by atoms with E-state index >= 15 is 0 Å². The van der Waals surface area contributed by atoms with Gasteiger partial charge in [-0.3, -0.25) is 14.3 Å². The summed E-state index contributed by atoms with van der Waals surface area (Å²) in [5.41, 5.74) is 5.41. The van der Waals surface area contributed by atoms with Gasteiger partial charge in [-0.25, -0.2) is 4.39 Å². The molecule has 2 aromatic carbocycles. The molecule has 0 saturated carbocycles. The highest BCUT2D eigenvalue weighted by Gasteiger charge is 2.21. The third-order valence-electron chi connectivity index (χ3n) is 5.61. The number of carbonyl (C=O) groups is 2. The number of halogens is 1. The summed E-state index contributed by atoms with van der Waals surface area (Å²) in [6, 6.07) is 10.9. The second-order valence-corrected chi connectivity index (χ2v) is 7.84. The third-order valence-corrected chi connectivity index (χ3v) is 5.61. The largest absolute Gasteiger partial charge is 0.349 e. The Morgan fingerprint density at radius 3 is 2.44 bits per heavy atom. The number of anilines is 1. The highest BCUT2D eigenvalue weighted by Crippen LogP contribution is 2.29. The summed E-state index contributed by atoms with van der Waals surface area (Å²) >= 11 is 0. The number of fused-ring (bicyclic) bond motifs is 1. The summed E-state index contributed by atoms with van der Waals surface area (Å²) in [4.78, 5) is 29.0. The van der Waals surface area contributed by atoms with Crippen LogP contribution in [0.3, 0.4) is 0 Å². The van der Waals surface area contributed by atoms with Crippen molar-refractivity contribution in [2.24, 2.45) is 7.05 Å². The Morgan fingerprint density at radius 2 is 1.78 bits per heavy atom. The molecule has 0 bridgehead atoms. The Labute approximate surface area is 184 Å². The van der Waals surface area contributed by atoms with Crippen molar-refractivity contribution >= 4 is 28.4 Å². The van der Waals surface area contributed by atoms with Gasteiger partial charge in [0.25, 0.3) is 11.8 Å². The van der Waals surface area contributed by atoms with Crippen molar-refractivity contribution in [3.63, 3.8) is 0 Å². The van der Waals surface area contributed by atoms with E-state index in [2.05, 4.69) is 20.7 Å². The van der Waals surface area contributed by atoms with E-state index in [9.17, 15) is 14.0 Å². The van der Waals surface area contributed by atoms with Crippen LogP contribution in [0.25, 0.3) is 10.9 Å². The van der Waals surface area contributed by atoms with E-state index in [1.165, 1.54) is 24.3 Å². The Bertz CT molecular complexity index is 1330. The highest BCUT2D eigenvalue weighted by atomic mass is 19.1. The summed E-state index contributed by atoms with van der Waals surface area (Å²) < 4.78 is 15.0. The first kappa shape index (κ1) is 21.3. The summed E-state index contributed by atoms with van der Waals surface area (Å²) in [6.07, 6.45) is 0. The fourth-order valence-corrected chi connectivity index (χ4v) is 3.72. The Balaban J connectivity index is 1.66. The van der Waals surface area contributed by atoms with Crippen LogP contribution in [0.4, 0.5) is 10.1 Å². The molecule has 0 atom stereocenters. The SMILES string of the molecule is Cc1ccc2[nH]c(C(=O)NCc3c(C)nn(C)c3C)c(NC(=O)c3ccc(F)cc3)c2c1. The van der Waals surface area contributed by atoms with E-state index in [1.807, 2.05) is 46.0 Å². The van der Waals surface area contributed by atoms with Gasteiger partial charge in [0.05, 0.1) is 11.4 Å². The van der Waals surface area contributed by atoms with Gasteiger partial charge in [0, 0.05) is 41.3 Å². The number of H-pyrrole nitrogens is 1. The molecule has 7 nitrogen and oxygen atoms in total. The number of benzene rings is 2. The predicted octanol–water partition coefficient (Wildman–Crippen LogP) is 4.15. The summed E-state index contributed by atoms with van der Waals surface area (Å²) in [5, 5.41) is 10.9. The lowest BCUT2D eigenvalue weighted by atomic mass is 10.1. The molecule has 164 valence electrons. The van der Waals surface area contributed by atoms with Gasteiger partial charge in [-0.15, -0.1) is 0 Å². The summed E-state index contributed by atoms with van der Waals surface area (Å²) in [7, 11) is 1.86. The zero-order valence-electron chi connectivity index (χ0n) is 18.3. The molecule has 0 aliphatic carbocycles. The fraction of sp³-hybridized carbons (Fsp3) is 0.208. The van der Waals surface area contributed by atoms with Crippen molar-refractivity contribution < 1.29 is 14.0 Å². The molecule has 8 heteroatoms.